The molecule has 1 aliphatic rings. The van der Waals surface area contributed by atoms with Gasteiger partial charge in [-0.05, 0) is 32.8 Å². The zero-order valence-electron chi connectivity index (χ0n) is 12.6. The first-order valence-electron chi connectivity index (χ1n) is 7.19. The lowest BCUT2D eigenvalue weighted by Crippen LogP contribution is -2.38. The molecule has 0 aromatic heterocycles. The molecule has 0 aliphatic carbocycles. The van der Waals surface area contributed by atoms with Crippen molar-refractivity contribution in [2.45, 2.75) is 45.4 Å². The zero-order chi connectivity index (χ0) is 14.6. The molecule has 0 spiro atoms. The van der Waals surface area contributed by atoms with Gasteiger partial charge in [-0.1, -0.05) is 30.3 Å². The lowest BCUT2D eigenvalue weighted by Gasteiger charge is -2.24. The molecular weight excluding hydrogens is 252 g/mol. The van der Waals surface area contributed by atoms with Gasteiger partial charge in [0.25, 0.3) is 0 Å². The van der Waals surface area contributed by atoms with Gasteiger partial charge in [0.15, 0.2) is 0 Å². The number of carbonyl (C=O) groups excluding carboxylic acids is 1. The van der Waals surface area contributed by atoms with Crippen LogP contribution in [0.2, 0.25) is 0 Å². The minimum Gasteiger partial charge on any atom is -0.444 e. The molecule has 1 aliphatic heterocycles. The van der Waals surface area contributed by atoms with Crippen LogP contribution in [-0.2, 0) is 11.3 Å². The van der Waals surface area contributed by atoms with Crippen molar-refractivity contribution >= 4 is 6.09 Å². The lowest BCUT2D eigenvalue weighted by molar-refractivity contribution is 0.0291. The highest BCUT2D eigenvalue weighted by molar-refractivity contribution is 5.68. The summed E-state index contributed by atoms with van der Waals surface area (Å²) in [6, 6.07) is 10.7. The molecule has 1 amide bonds. The van der Waals surface area contributed by atoms with Crippen LogP contribution in [0.4, 0.5) is 4.79 Å². The van der Waals surface area contributed by atoms with Crippen LogP contribution in [-0.4, -0.2) is 35.7 Å². The quantitative estimate of drug-likeness (QED) is 0.923. The summed E-state index contributed by atoms with van der Waals surface area (Å²) in [4.78, 5) is 13.7. The van der Waals surface area contributed by atoms with E-state index in [1.165, 1.54) is 5.56 Å². The largest absolute Gasteiger partial charge is 0.444 e. The van der Waals surface area contributed by atoms with E-state index in [0.717, 1.165) is 26.1 Å². The van der Waals surface area contributed by atoms with E-state index in [1.54, 1.807) is 4.90 Å². The van der Waals surface area contributed by atoms with Gasteiger partial charge in [-0.25, -0.2) is 4.79 Å². The Labute approximate surface area is 121 Å². The molecule has 1 aromatic rings. The third kappa shape index (κ3) is 4.53. The number of ether oxygens (including phenoxy) is 1. The maximum atomic E-state index is 12.0. The van der Waals surface area contributed by atoms with Gasteiger partial charge >= 0.3 is 6.09 Å². The molecule has 0 saturated carbocycles. The van der Waals surface area contributed by atoms with Crippen molar-refractivity contribution in [2.75, 3.05) is 13.1 Å². The highest BCUT2D eigenvalue weighted by atomic mass is 16.6. The van der Waals surface area contributed by atoms with Gasteiger partial charge in [0.2, 0.25) is 0 Å². The average molecular weight is 276 g/mol. The highest BCUT2D eigenvalue weighted by Gasteiger charge is 2.29. The van der Waals surface area contributed by atoms with Gasteiger partial charge < -0.3 is 15.0 Å². The van der Waals surface area contributed by atoms with Gasteiger partial charge in [0, 0.05) is 25.7 Å². The number of nitrogens with one attached hydrogen (secondary N) is 1. The molecule has 1 heterocycles. The van der Waals surface area contributed by atoms with E-state index in [0.29, 0.717) is 6.04 Å². The van der Waals surface area contributed by atoms with E-state index in [-0.39, 0.29) is 6.09 Å². The average Bonchev–Trinajstić information content (AvgIpc) is 2.84. The number of benzene rings is 1. The predicted molar refractivity (Wildman–Crippen MR) is 79.5 cm³/mol. The van der Waals surface area contributed by atoms with Crippen molar-refractivity contribution in [3.05, 3.63) is 35.9 Å². The summed E-state index contributed by atoms with van der Waals surface area (Å²) < 4.78 is 5.39. The Hall–Kier alpha value is -1.55. The molecule has 1 fully saturated rings. The summed E-state index contributed by atoms with van der Waals surface area (Å²) >= 11 is 0. The second-order valence-electron chi connectivity index (χ2n) is 6.28. The summed E-state index contributed by atoms with van der Waals surface area (Å²) in [5, 5.41) is 3.50. The van der Waals surface area contributed by atoms with Gasteiger partial charge in [-0.15, -0.1) is 0 Å². The third-order valence-corrected chi connectivity index (χ3v) is 3.28. The molecule has 4 nitrogen and oxygen atoms in total. The summed E-state index contributed by atoms with van der Waals surface area (Å²) in [6.07, 6.45) is 0.771. The molecule has 1 N–H and O–H groups in total. The number of rotatable bonds is 3. The molecule has 1 unspecified atom stereocenters. The summed E-state index contributed by atoms with van der Waals surface area (Å²) in [7, 11) is 0. The first kappa shape index (κ1) is 14.9. The topological polar surface area (TPSA) is 41.6 Å². The van der Waals surface area contributed by atoms with E-state index >= 15 is 0 Å². The first-order valence-corrected chi connectivity index (χ1v) is 7.19. The number of hydrogen-bond donors (Lipinski definition) is 1. The maximum absolute atomic E-state index is 12.0. The van der Waals surface area contributed by atoms with Crippen molar-refractivity contribution in [1.82, 2.24) is 10.2 Å². The second kappa shape index (κ2) is 6.27. The molecule has 20 heavy (non-hydrogen) atoms. The smallest absolute Gasteiger partial charge is 0.410 e. The summed E-state index contributed by atoms with van der Waals surface area (Å²) in [5.74, 6) is 0. The molecule has 2 rings (SSSR count). The Bertz CT molecular complexity index is 440. The number of nitrogens with zero attached hydrogens (tertiary/aromatic N) is 1. The van der Waals surface area contributed by atoms with Crippen LogP contribution in [0.3, 0.4) is 0 Å². The molecule has 1 atom stereocenters. The van der Waals surface area contributed by atoms with Crippen molar-refractivity contribution in [3.63, 3.8) is 0 Å². The van der Waals surface area contributed by atoms with Crippen molar-refractivity contribution < 1.29 is 9.53 Å². The molecule has 1 aromatic carbocycles. The molecule has 110 valence electrons. The first-order chi connectivity index (χ1) is 9.44. The fourth-order valence-corrected chi connectivity index (χ4v) is 2.28. The van der Waals surface area contributed by atoms with Gasteiger partial charge in [-0.3, -0.25) is 0 Å². The minimum absolute atomic E-state index is 0.207. The van der Waals surface area contributed by atoms with Crippen LogP contribution in [0, 0.1) is 0 Å². The third-order valence-electron chi connectivity index (χ3n) is 3.28. The van der Waals surface area contributed by atoms with Crippen LogP contribution in [0.15, 0.2) is 30.3 Å². The van der Waals surface area contributed by atoms with E-state index in [1.807, 2.05) is 39.0 Å². The van der Waals surface area contributed by atoms with Crippen molar-refractivity contribution in [1.29, 1.82) is 0 Å². The number of amides is 1. The van der Waals surface area contributed by atoms with Gasteiger partial charge in [0.05, 0.1) is 0 Å². The van der Waals surface area contributed by atoms with E-state index in [4.69, 9.17) is 4.74 Å². The van der Waals surface area contributed by atoms with Crippen molar-refractivity contribution in [2.24, 2.45) is 0 Å². The zero-order valence-corrected chi connectivity index (χ0v) is 12.6. The lowest BCUT2D eigenvalue weighted by atomic mass is 10.2. The molecular formula is C16H24N2O2. The van der Waals surface area contributed by atoms with Gasteiger partial charge in [-0.2, -0.15) is 0 Å². The molecule has 0 bridgehead atoms. The van der Waals surface area contributed by atoms with Crippen LogP contribution in [0.5, 0.6) is 0 Å². The van der Waals surface area contributed by atoms with E-state index in [9.17, 15) is 4.79 Å². The van der Waals surface area contributed by atoms with Crippen LogP contribution >= 0.6 is 0 Å². The Morgan fingerprint density at radius 1 is 1.35 bits per heavy atom. The number of hydrogen-bond acceptors (Lipinski definition) is 3. The van der Waals surface area contributed by atoms with Crippen LogP contribution < -0.4 is 5.32 Å². The summed E-state index contributed by atoms with van der Waals surface area (Å²) in [5.41, 5.74) is 0.843. The van der Waals surface area contributed by atoms with E-state index in [2.05, 4.69) is 17.4 Å². The fourth-order valence-electron chi connectivity index (χ4n) is 2.28. The van der Waals surface area contributed by atoms with E-state index < -0.39 is 5.60 Å². The number of carbonyl (C=O) groups is 1. The summed E-state index contributed by atoms with van der Waals surface area (Å²) in [6.45, 7) is 8.01. The molecule has 1 saturated heterocycles. The monoisotopic (exact) mass is 276 g/mol. The predicted octanol–water partition coefficient (Wildman–Crippen LogP) is 2.79. The highest BCUT2D eigenvalue weighted by Crippen LogP contribution is 2.15. The SMILES string of the molecule is CC(C)(C)OC(=O)N1CCC(NCc2ccccc2)C1. The Morgan fingerprint density at radius 2 is 2.05 bits per heavy atom. The number of likely N-dealkylation sites (tertiary alicyclic amines) is 1. The molecule has 0 radical (unpaired) electrons. The van der Waals surface area contributed by atoms with Crippen LogP contribution in [0.1, 0.15) is 32.8 Å². The van der Waals surface area contributed by atoms with Crippen molar-refractivity contribution in [3.8, 4) is 0 Å². The molecule has 4 heteroatoms. The Kier molecular flexibility index (Phi) is 4.65. The van der Waals surface area contributed by atoms with Crippen LogP contribution in [0.25, 0.3) is 0 Å². The maximum Gasteiger partial charge on any atom is 0.410 e. The van der Waals surface area contributed by atoms with Gasteiger partial charge in [0.1, 0.15) is 5.60 Å². The fraction of sp³-hybridized carbons (Fsp3) is 0.562. The minimum atomic E-state index is -0.424. The standard InChI is InChI=1S/C16H24N2O2/c1-16(2,3)20-15(19)18-10-9-14(12-18)17-11-13-7-5-4-6-8-13/h4-8,14,17H,9-12H2,1-3H3. The Morgan fingerprint density at radius 3 is 2.70 bits per heavy atom. The normalized spacial score (nSPS) is 19.1. The second-order valence-corrected chi connectivity index (χ2v) is 6.28. The Balaban J connectivity index is 1.76.